The monoisotopic (exact) mass is 197 g/mol. The normalized spacial score (nSPS) is 9.92. The predicted molar refractivity (Wildman–Crippen MR) is 54.6 cm³/mol. The first-order valence-electron chi connectivity index (χ1n) is 3.91. The van der Waals surface area contributed by atoms with Crippen LogP contribution in [0.1, 0.15) is 12.1 Å². The van der Waals surface area contributed by atoms with Crippen LogP contribution < -0.4 is 11.3 Å². The van der Waals surface area contributed by atoms with Crippen molar-refractivity contribution in [2.24, 2.45) is 5.73 Å². The molecule has 0 aromatic carbocycles. The predicted octanol–water partition coefficient (Wildman–Crippen LogP) is 0.228. The minimum Gasteiger partial charge on any atom is -0.393 e. The molecule has 0 radical (unpaired) electrons. The zero-order valence-corrected chi connectivity index (χ0v) is 8.17. The molecule has 0 aliphatic carbocycles. The van der Waals surface area contributed by atoms with Gasteiger partial charge in [-0.25, -0.2) is 4.98 Å². The van der Waals surface area contributed by atoms with Crippen LogP contribution >= 0.6 is 12.2 Å². The summed E-state index contributed by atoms with van der Waals surface area (Å²) in [4.78, 5) is 15.7. The summed E-state index contributed by atoms with van der Waals surface area (Å²) in [5.41, 5.74) is 5.97. The van der Waals surface area contributed by atoms with Crippen molar-refractivity contribution in [1.82, 2.24) is 9.55 Å². The summed E-state index contributed by atoms with van der Waals surface area (Å²) in [6.07, 6.45) is 2.04. The average molecular weight is 197 g/mol. The van der Waals surface area contributed by atoms with E-state index in [1.807, 2.05) is 0 Å². The first-order valence-corrected chi connectivity index (χ1v) is 4.32. The van der Waals surface area contributed by atoms with Crippen LogP contribution in [0.4, 0.5) is 0 Å². The van der Waals surface area contributed by atoms with Crippen LogP contribution in [0.25, 0.3) is 0 Å². The Balaban J connectivity index is 2.78. The molecule has 0 saturated carbocycles. The summed E-state index contributed by atoms with van der Waals surface area (Å²) < 4.78 is 1.49. The average Bonchev–Trinajstić information content (AvgIpc) is 2.02. The lowest BCUT2D eigenvalue weighted by Gasteiger charge is -2.03. The van der Waals surface area contributed by atoms with Crippen molar-refractivity contribution in [2.75, 3.05) is 0 Å². The van der Waals surface area contributed by atoms with Gasteiger partial charge < -0.3 is 5.73 Å². The van der Waals surface area contributed by atoms with E-state index in [4.69, 9.17) is 18.0 Å². The van der Waals surface area contributed by atoms with E-state index in [1.54, 1.807) is 6.92 Å². The lowest BCUT2D eigenvalue weighted by molar-refractivity contribution is 0.674. The second-order valence-electron chi connectivity index (χ2n) is 2.78. The van der Waals surface area contributed by atoms with E-state index < -0.39 is 0 Å². The lowest BCUT2D eigenvalue weighted by atomic mass is 10.4. The van der Waals surface area contributed by atoms with Crippen molar-refractivity contribution < 1.29 is 0 Å². The summed E-state index contributed by atoms with van der Waals surface area (Å²) in [7, 11) is 0. The number of aryl methyl sites for hydroxylation is 2. The molecule has 1 aromatic rings. The van der Waals surface area contributed by atoms with Crippen LogP contribution in [-0.4, -0.2) is 14.5 Å². The smallest absolute Gasteiger partial charge is 0.253 e. The Labute approximate surface area is 81.4 Å². The Bertz CT molecular complexity index is 372. The lowest BCUT2D eigenvalue weighted by Crippen LogP contribution is -2.22. The van der Waals surface area contributed by atoms with E-state index in [9.17, 15) is 4.79 Å². The molecular weight excluding hydrogens is 186 g/mol. The zero-order valence-electron chi connectivity index (χ0n) is 7.36. The van der Waals surface area contributed by atoms with Crippen molar-refractivity contribution in [3.63, 3.8) is 0 Å². The number of hydrogen-bond donors (Lipinski definition) is 1. The number of nitrogens with zero attached hydrogens (tertiary/aromatic N) is 2. The van der Waals surface area contributed by atoms with E-state index in [2.05, 4.69) is 4.98 Å². The van der Waals surface area contributed by atoms with Gasteiger partial charge in [-0.3, -0.25) is 9.36 Å². The van der Waals surface area contributed by atoms with Crippen LogP contribution in [0.15, 0.2) is 17.2 Å². The van der Waals surface area contributed by atoms with Gasteiger partial charge in [0.25, 0.3) is 5.56 Å². The van der Waals surface area contributed by atoms with E-state index in [0.29, 0.717) is 18.0 Å². The molecule has 0 fully saturated rings. The van der Waals surface area contributed by atoms with E-state index in [1.165, 1.54) is 17.0 Å². The molecule has 0 amide bonds. The van der Waals surface area contributed by atoms with Crippen molar-refractivity contribution in [1.29, 1.82) is 0 Å². The largest absolute Gasteiger partial charge is 0.393 e. The van der Waals surface area contributed by atoms with Crippen molar-refractivity contribution in [2.45, 2.75) is 19.9 Å². The van der Waals surface area contributed by atoms with Crippen LogP contribution in [0.3, 0.4) is 0 Å². The molecule has 0 atom stereocenters. The van der Waals surface area contributed by atoms with Gasteiger partial charge in [-0.05, 0) is 6.92 Å². The van der Waals surface area contributed by atoms with Crippen molar-refractivity contribution in [3.05, 3.63) is 28.4 Å². The summed E-state index contributed by atoms with van der Waals surface area (Å²) in [5.74, 6) is 0. The summed E-state index contributed by atoms with van der Waals surface area (Å²) in [5, 5.41) is 0. The van der Waals surface area contributed by atoms with E-state index in [-0.39, 0.29) is 5.56 Å². The maximum atomic E-state index is 11.3. The van der Waals surface area contributed by atoms with Crippen molar-refractivity contribution in [3.8, 4) is 0 Å². The fraction of sp³-hybridized carbons (Fsp3) is 0.375. The summed E-state index contributed by atoms with van der Waals surface area (Å²) in [6.45, 7) is 2.28. The second kappa shape index (κ2) is 4.13. The maximum Gasteiger partial charge on any atom is 0.253 e. The van der Waals surface area contributed by atoms with Gasteiger partial charge in [0.15, 0.2) is 0 Å². The SMILES string of the molecule is Cc1cc(=O)n(CCC(N)=S)cn1. The fourth-order valence-corrected chi connectivity index (χ4v) is 1.01. The molecule has 0 spiro atoms. The van der Waals surface area contributed by atoms with Crippen molar-refractivity contribution >= 4 is 17.2 Å². The Morgan fingerprint density at radius 3 is 3.00 bits per heavy atom. The van der Waals surface area contributed by atoms with Gasteiger partial charge in [-0.15, -0.1) is 0 Å². The molecular formula is C8H11N3OS. The molecule has 1 heterocycles. The number of thiocarbonyl (C=S) groups is 1. The molecule has 0 bridgehead atoms. The van der Waals surface area contributed by atoms with Gasteiger partial charge in [0.2, 0.25) is 0 Å². The molecule has 0 saturated heterocycles. The Kier molecular flexibility index (Phi) is 3.13. The molecule has 1 rings (SSSR count). The third kappa shape index (κ3) is 2.95. The third-order valence-electron chi connectivity index (χ3n) is 1.62. The van der Waals surface area contributed by atoms with Gasteiger partial charge in [0.1, 0.15) is 0 Å². The van der Waals surface area contributed by atoms with Gasteiger partial charge in [-0.2, -0.15) is 0 Å². The molecule has 2 N–H and O–H groups in total. The van der Waals surface area contributed by atoms with Crippen LogP contribution in [-0.2, 0) is 6.54 Å². The molecule has 4 nitrogen and oxygen atoms in total. The van der Waals surface area contributed by atoms with E-state index in [0.717, 1.165) is 5.69 Å². The number of hydrogen-bond acceptors (Lipinski definition) is 3. The minimum atomic E-state index is -0.0660. The summed E-state index contributed by atoms with van der Waals surface area (Å²) in [6, 6.07) is 1.49. The zero-order chi connectivity index (χ0) is 9.84. The maximum absolute atomic E-state index is 11.3. The quantitative estimate of drug-likeness (QED) is 0.704. The highest BCUT2D eigenvalue weighted by molar-refractivity contribution is 7.80. The molecule has 0 aliphatic rings. The van der Waals surface area contributed by atoms with Gasteiger partial charge in [-0.1, -0.05) is 12.2 Å². The number of nitrogens with two attached hydrogens (primary N) is 1. The first kappa shape index (κ1) is 9.85. The molecule has 5 heteroatoms. The summed E-state index contributed by atoms with van der Waals surface area (Å²) >= 11 is 4.71. The standard InChI is InChI=1S/C8H11N3OS/c1-6-4-8(12)11(5-10-6)3-2-7(9)13/h4-5H,2-3H2,1H3,(H2,9,13). The number of aromatic nitrogens is 2. The van der Waals surface area contributed by atoms with Crippen LogP contribution in [0.5, 0.6) is 0 Å². The molecule has 0 unspecified atom stereocenters. The minimum absolute atomic E-state index is 0.0660. The molecule has 13 heavy (non-hydrogen) atoms. The molecule has 0 aliphatic heterocycles. The highest BCUT2D eigenvalue weighted by Gasteiger charge is 1.97. The Morgan fingerprint density at radius 2 is 2.46 bits per heavy atom. The van der Waals surface area contributed by atoms with Gasteiger partial charge in [0.05, 0.1) is 11.3 Å². The van der Waals surface area contributed by atoms with Crippen LogP contribution in [0, 0.1) is 6.92 Å². The molecule has 70 valence electrons. The van der Waals surface area contributed by atoms with Gasteiger partial charge in [0, 0.05) is 24.7 Å². The first-order chi connectivity index (χ1) is 6.09. The fourth-order valence-electron chi connectivity index (χ4n) is 0.915. The Morgan fingerprint density at radius 1 is 1.77 bits per heavy atom. The van der Waals surface area contributed by atoms with Crippen LogP contribution in [0.2, 0.25) is 0 Å². The Hall–Kier alpha value is -1.23. The molecule has 1 aromatic heterocycles. The number of rotatable bonds is 3. The van der Waals surface area contributed by atoms with E-state index >= 15 is 0 Å². The highest BCUT2D eigenvalue weighted by atomic mass is 32.1. The highest BCUT2D eigenvalue weighted by Crippen LogP contribution is 1.88. The second-order valence-corrected chi connectivity index (χ2v) is 3.30. The topological polar surface area (TPSA) is 60.9 Å². The third-order valence-corrected chi connectivity index (χ3v) is 1.82. The van der Waals surface area contributed by atoms with Gasteiger partial charge >= 0.3 is 0 Å².